The number of aryl methyl sites for hydroxylation is 1. The van der Waals surface area contributed by atoms with E-state index in [0.717, 1.165) is 0 Å². The van der Waals surface area contributed by atoms with E-state index in [1.807, 2.05) is 0 Å². The number of benzene rings is 1. The number of ether oxygens (including phenoxy) is 1. The molecule has 7 nitrogen and oxygen atoms in total. The van der Waals surface area contributed by atoms with Gasteiger partial charge in [0.15, 0.2) is 0 Å². The van der Waals surface area contributed by atoms with Crippen LogP contribution in [0.4, 0.5) is 5.69 Å². The van der Waals surface area contributed by atoms with E-state index < -0.39 is 10.0 Å². The van der Waals surface area contributed by atoms with Crippen molar-refractivity contribution >= 4 is 27.3 Å². The summed E-state index contributed by atoms with van der Waals surface area (Å²) < 4.78 is 34.7. The van der Waals surface area contributed by atoms with Crippen LogP contribution in [0.1, 0.15) is 11.4 Å². The predicted molar refractivity (Wildman–Crippen MR) is 99.6 cm³/mol. The van der Waals surface area contributed by atoms with Gasteiger partial charge in [-0.2, -0.15) is 5.10 Å². The maximum absolute atomic E-state index is 12.8. The Labute approximate surface area is 156 Å². The molecule has 0 saturated carbocycles. The second-order valence-electron chi connectivity index (χ2n) is 5.55. The molecule has 3 aromatic rings. The molecule has 1 aromatic carbocycles. The third-order valence-electron chi connectivity index (χ3n) is 3.85. The summed E-state index contributed by atoms with van der Waals surface area (Å²) in [6.07, 6.45) is 1.30. The van der Waals surface area contributed by atoms with Gasteiger partial charge in [0.25, 0.3) is 10.0 Å². The van der Waals surface area contributed by atoms with E-state index in [9.17, 15) is 8.42 Å². The minimum absolute atomic E-state index is 0.0626. The fourth-order valence-electron chi connectivity index (χ4n) is 2.48. The van der Waals surface area contributed by atoms with Crippen LogP contribution in [0.3, 0.4) is 0 Å². The zero-order valence-corrected chi connectivity index (χ0v) is 16.0. The average molecular weight is 393 g/mol. The number of nitrogens with zero attached hydrogens (tertiary/aromatic N) is 3. The molecule has 0 aliphatic heterocycles. The lowest BCUT2D eigenvalue weighted by atomic mass is 10.3. The SMILES string of the molecule is COc1ccc(NS(=O)(=O)c2cnn(-c3ccccc3Cl)c2C)c(C)n1. The first-order valence-electron chi connectivity index (χ1n) is 7.67. The van der Waals surface area contributed by atoms with E-state index in [-0.39, 0.29) is 4.90 Å². The summed E-state index contributed by atoms with van der Waals surface area (Å²) in [7, 11) is -2.35. The number of para-hydroxylation sites is 1. The number of rotatable bonds is 5. The number of aromatic nitrogens is 3. The first kappa shape index (κ1) is 18.2. The van der Waals surface area contributed by atoms with Crippen molar-refractivity contribution in [3.63, 3.8) is 0 Å². The maximum atomic E-state index is 12.8. The second-order valence-corrected chi connectivity index (χ2v) is 7.61. The number of hydrogen-bond donors (Lipinski definition) is 1. The fraction of sp³-hybridized carbons (Fsp3) is 0.176. The van der Waals surface area contributed by atoms with E-state index in [2.05, 4.69) is 14.8 Å². The molecule has 0 bridgehead atoms. The largest absolute Gasteiger partial charge is 0.481 e. The van der Waals surface area contributed by atoms with Gasteiger partial charge in [0.1, 0.15) is 4.90 Å². The zero-order chi connectivity index (χ0) is 18.9. The third-order valence-corrected chi connectivity index (χ3v) is 5.64. The molecule has 136 valence electrons. The van der Waals surface area contributed by atoms with Crippen LogP contribution in [0.25, 0.3) is 5.69 Å². The highest BCUT2D eigenvalue weighted by Gasteiger charge is 2.23. The number of anilines is 1. The average Bonchev–Trinajstić information content (AvgIpc) is 2.99. The molecule has 9 heteroatoms. The number of sulfonamides is 1. The summed E-state index contributed by atoms with van der Waals surface area (Å²) in [5, 5.41) is 4.66. The first-order chi connectivity index (χ1) is 12.3. The molecule has 0 radical (unpaired) electrons. The number of hydrogen-bond acceptors (Lipinski definition) is 5. The van der Waals surface area contributed by atoms with Crippen molar-refractivity contribution < 1.29 is 13.2 Å². The molecule has 0 amide bonds. The Morgan fingerprint density at radius 1 is 1.15 bits per heavy atom. The lowest BCUT2D eigenvalue weighted by molar-refractivity contribution is 0.397. The van der Waals surface area contributed by atoms with Crippen molar-refractivity contribution in [2.45, 2.75) is 18.7 Å². The number of methoxy groups -OCH3 is 1. The van der Waals surface area contributed by atoms with Crippen LogP contribution in [-0.4, -0.2) is 30.3 Å². The Morgan fingerprint density at radius 2 is 1.88 bits per heavy atom. The molecule has 2 aromatic heterocycles. The van der Waals surface area contributed by atoms with E-state index >= 15 is 0 Å². The summed E-state index contributed by atoms with van der Waals surface area (Å²) in [6.45, 7) is 3.37. The van der Waals surface area contributed by atoms with Crippen LogP contribution in [-0.2, 0) is 10.0 Å². The van der Waals surface area contributed by atoms with Gasteiger partial charge in [-0.15, -0.1) is 0 Å². The van der Waals surface area contributed by atoms with Gasteiger partial charge >= 0.3 is 0 Å². The molecular formula is C17H17ClN4O3S. The minimum Gasteiger partial charge on any atom is -0.481 e. The Kier molecular flexibility index (Phi) is 4.88. The second kappa shape index (κ2) is 6.97. The number of nitrogens with one attached hydrogen (secondary N) is 1. The zero-order valence-electron chi connectivity index (χ0n) is 14.4. The molecule has 0 aliphatic rings. The highest BCUT2D eigenvalue weighted by Crippen LogP contribution is 2.26. The van der Waals surface area contributed by atoms with Gasteiger partial charge in [-0.1, -0.05) is 23.7 Å². The highest BCUT2D eigenvalue weighted by atomic mass is 35.5. The predicted octanol–water partition coefficient (Wildman–Crippen LogP) is 3.35. The normalized spacial score (nSPS) is 11.4. The summed E-state index contributed by atoms with van der Waals surface area (Å²) >= 11 is 6.19. The molecule has 0 spiro atoms. The van der Waals surface area contributed by atoms with Crippen LogP contribution in [0.5, 0.6) is 5.88 Å². The fourth-order valence-corrected chi connectivity index (χ4v) is 3.98. The summed E-state index contributed by atoms with van der Waals surface area (Å²) in [4.78, 5) is 4.23. The lowest BCUT2D eigenvalue weighted by Crippen LogP contribution is -2.15. The topological polar surface area (TPSA) is 86.1 Å². The molecule has 2 heterocycles. The molecular weight excluding hydrogens is 376 g/mol. The molecule has 0 aliphatic carbocycles. The van der Waals surface area contributed by atoms with Gasteiger partial charge in [-0.05, 0) is 32.0 Å². The summed E-state index contributed by atoms with van der Waals surface area (Å²) in [5.74, 6) is 0.410. The van der Waals surface area contributed by atoms with Crippen LogP contribution < -0.4 is 9.46 Å². The van der Waals surface area contributed by atoms with Gasteiger partial charge in [0.05, 0.1) is 41.1 Å². The minimum atomic E-state index is -3.84. The Bertz CT molecular complexity index is 1060. The van der Waals surface area contributed by atoms with Crippen molar-refractivity contribution in [2.75, 3.05) is 11.8 Å². The quantitative estimate of drug-likeness (QED) is 0.719. The van der Waals surface area contributed by atoms with Crippen LogP contribution >= 0.6 is 11.6 Å². The molecule has 0 fully saturated rings. The van der Waals surface area contributed by atoms with Crippen molar-refractivity contribution in [1.29, 1.82) is 0 Å². The van der Waals surface area contributed by atoms with Crippen LogP contribution in [0.2, 0.25) is 5.02 Å². The molecule has 0 atom stereocenters. The number of halogens is 1. The summed E-state index contributed by atoms with van der Waals surface area (Å²) in [6, 6.07) is 10.3. The van der Waals surface area contributed by atoms with Gasteiger partial charge in [-0.25, -0.2) is 18.1 Å². The molecule has 0 unspecified atom stereocenters. The van der Waals surface area contributed by atoms with E-state index in [0.29, 0.717) is 33.7 Å². The van der Waals surface area contributed by atoms with Gasteiger partial charge in [0.2, 0.25) is 5.88 Å². The van der Waals surface area contributed by atoms with Gasteiger partial charge in [0, 0.05) is 6.07 Å². The molecule has 1 N–H and O–H groups in total. The van der Waals surface area contributed by atoms with Crippen molar-refractivity contribution in [3.8, 4) is 11.6 Å². The molecule has 3 rings (SSSR count). The Hall–Kier alpha value is -2.58. The standard InChI is InChI=1S/C17H17ClN4O3S/c1-11-14(8-9-17(20-11)25-3)21-26(23,24)16-10-19-22(12(16)2)15-7-5-4-6-13(15)18/h4-10,21H,1-3H3. The smallest absolute Gasteiger partial charge is 0.265 e. The van der Waals surface area contributed by atoms with Crippen LogP contribution in [0, 0.1) is 13.8 Å². The van der Waals surface area contributed by atoms with Crippen molar-refractivity contribution in [1.82, 2.24) is 14.8 Å². The molecule has 26 heavy (non-hydrogen) atoms. The highest BCUT2D eigenvalue weighted by molar-refractivity contribution is 7.92. The van der Waals surface area contributed by atoms with E-state index in [1.54, 1.807) is 50.2 Å². The Balaban J connectivity index is 1.98. The van der Waals surface area contributed by atoms with Gasteiger partial charge < -0.3 is 4.74 Å². The van der Waals surface area contributed by atoms with Crippen LogP contribution in [0.15, 0.2) is 47.5 Å². The summed E-state index contributed by atoms with van der Waals surface area (Å²) in [5.41, 5.74) is 1.93. The Morgan fingerprint density at radius 3 is 2.54 bits per heavy atom. The lowest BCUT2D eigenvalue weighted by Gasteiger charge is -2.11. The van der Waals surface area contributed by atoms with E-state index in [1.165, 1.54) is 18.0 Å². The number of pyridine rings is 1. The molecule has 0 saturated heterocycles. The van der Waals surface area contributed by atoms with Gasteiger partial charge in [-0.3, -0.25) is 4.72 Å². The third kappa shape index (κ3) is 3.38. The first-order valence-corrected chi connectivity index (χ1v) is 9.53. The van der Waals surface area contributed by atoms with E-state index in [4.69, 9.17) is 16.3 Å². The van der Waals surface area contributed by atoms with Crippen molar-refractivity contribution in [2.24, 2.45) is 0 Å². The van der Waals surface area contributed by atoms with Crippen molar-refractivity contribution in [3.05, 3.63) is 59.0 Å². The maximum Gasteiger partial charge on any atom is 0.265 e. The monoisotopic (exact) mass is 392 g/mol.